The minimum Gasteiger partial charge on any atom is -0.579 e. The fourth-order valence-electron chi connectivity index (χ4n) is 9.11. The molecule has 3 heteroatoms. The molecule has 2 unspecified atom stereocenters. The van der Waals surface area contributed by atoms with Crippen LogP contribution in [0.25, 0.3) is 27.2 Å². The molecule has 2 aliphatic carbocycles. The zero-order valence-electron chi connectivity index (χ0n) is 28.2. The molecular weight excluding hydrogens is 607 g/mol. The molecule has 3 nitrogen and oxygen atoms in total. The molecule has 240 valence electrons. The van der Waals surface area contributed by atoms with Gasteiger partial charge in [0.15, 0.2) is 0 Å². The van der Waals surface area contributed by atoms with Gasteiger partial charge in [-0.3, -0.25) is 0 Å². The monoisotopic (exact) mass is 643 g/mol. The Morgan fingerprint density at radius 1 is 0.500 bits per heavy atom. The van der Waals surface area contributed by atoms with Crippen molar-refractivity contribution in [3.63, 3.8) is 0 Å². The van der Waals surface area contributed by atoms with Gasteiger partial charge in [-0.25, -0.2) is 4.99 Å². The second-order valence-electron chi connectivity index (χ2n) is 14.4. The first-order valence-electron chi connectivity index (χ1n) is 17.6. The maximum absolute atomic E-state index is 5.48. The largest absolute Gasteiger partial charge is 0.579 e. The number of benzene rings is 7. The molecule has 3 aliphatic rings. The van der Waals surface area contributed by atoms with E-state index in [0.29, 0.717) is 0 Å². The van der Waals surface area contributed by atoms with E-state index >= 15 is 0 Å². The van der Waals surface area contributed by atoms with Crippen LogP contribution in [0, 0.1) is 0 Å². The summed E-state index contributed by atoms with van der Waals surface area (Å²) in [5.74, 6) is 0.984. The molecule has 7 aromatic rings. The first-order valence-corrected chi connectivity index (χ1v) is 17.6. The molecule has 10 rings (SSSR count). The molecule has 0 bridgehead atoms. The molecule has 0 aromatic heterocycles. The molecule has 2 atom stereocenters. The Labute approximate surface area is 293 Å². The Kier molecular flexibility index (Phi) is 6.42. The molecule has 1 heterocycles. The second kappa shape index (κ2) is 10.9. The van der Waals surface area contributed by atoms with Crippen molar-refractivity contribution >= 4 is 16.6 Å². The summed E-state index contributed by atoms with van der Waals surface area (Å²) in [4.78, 5) is 5.26. The normalized spacial score (nSPS) is 19.3. The fourth-order valence-corrected chi connectivity index (χ4v) is 9.11. The Hall–Kier alpha value is -5.61. The van der Waals surface area contributed by atoms with Crippen LogP contribution in [-0.4, -0.2) is 5.84 Å². The standard InChI is InChI=1S/C47H36N3/c1-46(2)38-20-10-12-22-40(38)47(41-23-13-11-21-39(41)46)37-19-9-8-18-35(37)36-27-26-34(29-42(36)47)45-49-43(31-15-4-3-5-16-31)48-44(50-45)33-25-24-30-14-6-7-17-32(30)28-33/h3-29,44-45H,1-2H3,(H,48,49)/q-1/p+1. The molecule has 50 heavy (non-hydrogen) atoms. The summed E-state index contributed by atoms with van der Waals surface area (Å²) in [6.07, 6.45) is -0.489. The van der Waals surface area contributed by atoms with E-state index in [1.54, 1.807) is 0 Å². The fraction of sp³-hybridized carbons (Fsp3) is 0.128. The van der Waals surface area contributed by atoms with Crippen LogP contribution in [0.3, 0.4) is 0 Å². The van der Waals surface area contributed by atoms with Gasteiger partial charge in [-0.15, -0.1) is 0 Å². The number of nitrogens with two attached hydrogens (primary N) is 1. The van der Waals surface area contributed by atoms with E-state index in [4.69, 9.17) is 10.3 Å². The number of hydrogen-bond acceptors (Lipinski definition) is 1. The highest BCUT2D eigenvalue weighted by molar-refractivity contribution is 5.93. The van der Waals surface area contributed by atoms with E-state index in [2.05, 4.69) is 183 Å². The van der Waals surface area contributed by atoms with E-state index < -0.39 is 5.41 Å². The van der Waals surface area contributed by atoms with Gasteiger partial charge in [0.05, 0.1) is 11.0 Å². The van der Waals surface area contributed by atoms with Crippen LogP contribution in [0.1, 0.15) is 76.3 Å². The smallest absolute Gasteiger partial charge is 0.224 e. The van der Waals surface area contributed by atoms with E-state index in [1.165, 1.54) is 60.8 Å². The first-order chi connectivity index (χ1) is 24.5. The highest BCUT2D eigenvalue weighted by atomic mass is 15.3. The summed E-state index contributed by atoms with van der Waals surface area (Å²) in [6, 6.07) is 60.2. The van der Waals surface area contributed by atoms with Crippen LogP contribution in [-0.2, 0) is 10.8 Å². The van der Waals surface area contributed by atoms with Crippen LogP contribution in [0.5, 0.6) is 0 Å². The van der Waals surface area contributed by atoms with Gasteiger partial charge in [0, 0.05) is 11.6 Å². The summed E-state index contributed by atoms with van der Waals surface area (Å²) in [5, 5.41) is 10.2. The van der Waals surface area contributed by atoms with Crippen molar-refractivity contribution < 1.29 is 5.32 Å². The predicted octanol–water partition coefficient (Wildman–Crippen LogP) is 9.94. The van der Waals surface area contributed by atoms with Gasteiger partial charge in [-0.1, -0.05) is 159 Å². The highest BCUT2D eigenvalue weighted by Gasteiger charge is 2.53. The van der Waals surface area contributed by atoms with Crippen LogP contribution in [0.4, 0.5) is 0 Å². The van der Waals surface area contributed by atoms with Gasteiger partial charge in [-0.05, 0) is 90.8 Å². The average Bonchev–Trinajstić information content (AvgIpc) is 3.47. The third-order valence-electron chi connectivity index (χ3n) is 11.4. The molecule has 0 fully saturated rings. The third kappa shape index (κ3) is 4.14. The zero-order chi connectivity index (χ0) is 33.5. The number of rotatable bonds is 3. The van der Waals surface area contributed by atoms with Crippen LogP contribution < -0.4 is 5.32 Å². The van der Waals surface area contributed by atoms with Gasteiger partial charge in [0.2, 0.25) is 5.84 Å². The van der Waals surface area contributed by atoms with Crippen LogP contribution in [0.2, 0.25) is 0 Å². The van der Waals surface area contributed by atoms with Crippen molar-refractivity contribution in [2.24, 2.45) is 4.99 Å². The molecule has 1 spiro atoms. The van der Waals surface area contributed by atoms with Gasteiger partial charge in [0.25, 0.3) is 0 Å². The van der Waals surface area contributed by atoms with Crippen molar-refractivity contribution in [1.82, 2.24) is 0 Å². The van der Waals surface area contributed by atoms with Gasteiger partial charge < -0.3 is 10.6 Å². The minimum atomic E-state index is -0.437. The highest BCUT2D eigenvalue weighted by Crippen LogP contribution is 2.62. The number of aliphatic imine (C=N–C) groups is 1. The average molecular weight is 644 g/mol. The van der Waals surface area contributed by atoms with Crippen molar-refractivity contribution in [3.05, 3.63) is 219 Å². The summed E-state index contributed by atoms with van der Waals surface area (Å²) in [5.41, 5.74) is 13.6. The molecule has 0 saturated carbocycles. The molecule has 2 N–H and O–H groups in total. The quantitative estimate of drug-likeness (QED) is 0.199. The third-order valence-corrected chi connectivity index (χ3v) is 11.4. The molecule has 0 amide bonds. The molecule has 0 saturated heterocycles. The lowest BCUT2D eigenvalue weighted by atomic mass is 9.55. The van der Waals surface area contributed by atoms with Crippen molar-refractivity contribution in [2.75, 3.05) is 0 Å². The van der Waals surface area contributed by atoms with Gasteiger partial charge in [0.1, 0.15) is 0 Å². The zero-order valence-corrected chi connectivity index (χ0v) is 28.2. The molecule has 0 radical (unpaired) electrons. The first kappa shape index (κ1) is 29.3. The van der Waals surface area contributed by atoms with E-state index in [1.807, 2.05) is 0 Å². The molecular formula is C47H37N3. The number of fused-ring (bicyclic) bond motifs is 10. The number of hydrogen-bond donors (Lipinski definition) is 1. The lowest BCUT2D eigenvalue weighted by molar-refractivity contribution is -0.581. The van der Waals surface area contributed by atoms with Crippen molar-refractivity contribution in [1.29, 1.82) is 0 Å². The van der Waals surface area contributed by atoms with E-state index in [0.717, 1.165) is 17.0 Å². The van der Waals surface area contributed by atoms with Crippen LogP contribution in [0.15, 0.2) is 169 Å². The maximum atomic E-state index is 5.48. The predicted molar refractivity (Wildman–Crippen MR) is 204 cm³/mol. The SMILES string of the molecule is CC1(C)c2ccccc2C2(c3ccccc3-c3ccc(C4[N-]C(c5ccc6ccccc6c5)N=C(c5ccccc5)[NH2+]4)cc32)c2ccccc21. The summed E-state index contributed by atoms with van der Waals surface area (Å²) in [7, 11) is 0. The Morgan fingerprint density at radius 3 is 1.82 bits per heavy atom. The minimum absolute atomic E-state index is 0.131. The number of nitrogens with zero attached hydrogens (tertiary/aromatic N) is 2. The summed E-state index contributed by atoms with van der Waals surface area (Å²) in [6.45, 7) is 4.76. The van der Waals surface area contributed by atoms with E-state index in [9.17, 15) is 0 Å². The van der Waals surface area contributed by atoms with Crippen LogP contribution >= 0.6 is 0 Å². The number of quaternary nitrogens is 1. The van der Waals surface area contributed by atoms with Crippen molar-refractivity contribution in [2.45, 2.75) is 37.0 Å². The number of amidine groups is 1. The van der Waals surface area contributed by atoms with Crippen molar-refractivity contribution in [3.8, 4) is 11.1 Å². The molecule has 1 aliphatic heterocycles. The molecule has 7 aromatic carbocycles. The second-order valence-corrected chi connectivity index (χ2v) is 14.4. The summed E-state index contributed by atoms with van der Waals surface area (Å²) >= 11 is 0. The van der Waals surface area contributed by atoms with E-state index in [-0.39, 0.29) is 17.7 Å². The lowest BCUT2D eigenvalue weighted by Gasteiger charge is -2.47. The van der Waals surface area contributed by atoms with Gasteiger partial charge >= 0.3 is 0 Å². The Morgan fingerprint density at radius 2 is 1.08 bits per heavy atom. The van der Waals surface area contributed by atoms with Gasteiger partial charge in [-0.2, -0.15) is 0 Å². The maximum Gasteiger partial charge on any atom is 0.224 e. The Bertz CT molecular complexity index is 2440. The Balaban J connectivity index is 1.17. The summed E-state index contributed by atoms with van der Waals surface area (Å²) < 4.78 is 0. The topological polar surface area (TPSA) is 43.1 Å². The lowest BCUT2D eigenvalue weighted by Crippen LogP contribution is -2.90.